The second-order valence-corrected chi connectivity index (χ2v) is 6.01. The summed E-state index contributed by atoms with van der Waals surface area (Å²) >= 11 is 7.76. The number of aromatic nitrogens is 1. The van der Waals surface area contributed by atoms with Crippen molar-refractivity contribution in [1.29, 1.82) is 0 Å². The van der Waals surface area contributed by atoms with Crippen molar-refractivity contribution in [2.45, 2.75) is 26.3 Å². The van der Waals surface area contributed by atoms with Crippen molar-refractivity contribution in [1.82, 2.24) is 10.3 Å². The van der Waals surface area contributed by atoms with E-state index in [1.54, 1.807) is 17.4 Å². The number of hydrogen-bond donors (Lipinski definition) is 1. The van der Waals surface area contributed by atoms with Gasteiger partial charge in [0.1, 0.15) is 5.82 Å². The van der Waals surface area contributed by atoms with Gasteiger partial charge in [0.25, 0.3) is 0 Å². The minimum Gasteiger partial charge on any atom is -0.309 e. The van der Waals surface area contributed by atoms with Crippen molar-refractivity contribution in [3.63, 3.8) is 0 Å². The predicted molar refractivity (Wildman–Crippen MR) is 78.4 cm³/mol. The molecule has 1 atom stereocenters. The molecule has 19 heavy (non-hydrogen) atoms. The van der Waals surface area contributed by atoms with Crippen LogP contribution in [0.3, 0.4) is 0 Å². The van der Waals surface area contributed by atoms with Crippen LogP contribution in [-0.2, 0) is 6.42 Å². The van der Waals surface area contributed by atoms with E-state index in [0.29, 0.717) is 5.02 Å². The number of nitrogens with one attached hydrogen (secondary N) is 1. The van der Waals surface area contributed by atoms with Crippen molar-refractivity contribution in [2.75, 3.05) is 6.54 Å². The van der Waals surface area contributed by atoms with Gasteiger partial charge in [-0.15, -0.1) is 11.3 Å². The Hall–Kier alpha value is -0.970. The van der Waals surface area contributed by atoms with Crippen molar-refractivity contribution >= 4 is 22.9 Å². The summed E-state index contributed by atoms with van der Waals surface area (Å²) in [5.41, 5.74) is 0.945. The zero-order valence-electron chi connectivity index (χ0n) is 10.9. The molecule has 0 amide bonds. The van der Waals surface area contributed by atoms with E-state index in [0.717, 1.165) is 23.5 Å². The maximum Gasteiger partial charge on any atom is 0.124 e. The summed E-state index contributed by atoms with van der Waals surface area (Å²) in [7, 11) is 0. The SMILES string of the molecule is CCNC(Cc1ccc(F)cc1Cl)c1cnc(C)s1. The molecule has 0 radical (unpaired) electrons. The highest BCUT2D eigenvalue weighted by atomic mass is 35.5. The average molecular weight is 299 g/mol. The molecule has 0 aliphatic carbocycles. The molecule has 0 bridgehead atoms. The van der Waals surface area contributed by atoms with Crippen LogP contribution in [0, 0.1) is 12.7 Å². The first-order valence-electron chi connectivity index (χ1n) is 6.19. The third kappa shape index (κ3) is 3.75. The molecule has 2 nitrogen and oxygen atoms in total. The topological polar surface area (TPSA) is 24.9 Å². The Bertz CT molecular complexity index is 556. The van der Waals surface area contributed by atoms with Gasteiger partial charge in [-0.25, -0.2) is 9.37 Å². The first-order valence-corrected chi connectivity index (χ1v) is 7.39. The highest BCUT2D eigenvalue weighted by molar-refractivity contribution is 7.11. The average Bonchev–Trinajstić information content (AvgIpc) is 2.78. The molecule has 0 spiro atoms. The van der Waals surface area contributed by atoms with Crippen molar-refractivity contribution < 1.29 is 4.39 Å². The van der Waals surface area contributed by atoms with Crippen LogP contribution in [0.1, 0.15) is 28.4 Å². The number of hydrogen-bond acceptors (Lipinski definition) is 3. The normalized spacial score (nSPS) is 12.6. The van der Waals surface area contributed by atoms with E-state index in [2.05, 4.69) is 17.2 Å². The molecule has 0 saturated heterocycles. The van der Waals surface area contributed by atoms with Gasteiger partial charge in [-0.2, -0.15) is 0 Å². The lowest BCUT2D eigenvalue weighted by molar-refractivity contribution is 0.556. The monoisotopic (exact) mass is 298 g/mol. The molecule has 0 aliphatic heterocycles. The van der Waals surface area contributed by atoms with Crippen molar-refractivity contribution in [2.24, 2.45) is 0 Å². The first-order chi connectivity index (χ1) is 9.10. The minimum atomic E-state index is -0.303. The standard InChI is InChI=1S/C14H16ClFN2S/c1-3-17-13(14-8-18-9(2)19-14)6-10-4-5-11(16)7-12(10)15/h4-5,7-8,13,17H,3,6H2,1-2H3. The van der Waals surface area contributed by atoms with Crippen LogP contribution in [0.15, 0.2) is 24.4 Å². The fourth-order valence-corrected chi connectivity index (χ4v) is 3.07. The third-order valence-corrected chi connectivity index (χ3v) is 4.25. The van der Waals surface area contributed by atoms with Crippen LogP contribution in [0.25, 0.3) is 0 Å². The van der Waals surface area contributed by atoms with Crippen LogP contribution >= 0.6 is 22.9 Å². The quantitative estimate of drug-likeness (QED) is 0.897. The van der Waals surface area contributed by atoms with E-state index < -0.39 is 0 Å². The molecule has 102 valence electrons. The van der Waals surface area contributed by atoms with Gasteiger partial charge in [0, 0.05) is 22.1 Å². The van der Waals surface area contributed by atoms with Gasteiger partial charge in [0.2, 0.25) is 0 Å². The summed E-state index contributed by atoms with van der Waals surface area (Å²) in [6.07, 6.45) is 2.62. The lowest BCUT2D eigenvalue weighted by Gasteiger charge is -2.16. The molecule has 1 aromatic carbocycles. The number of benzene rings is 1. The number of thiazole rings is 1. The highest BCUT2D eigenvalue weighted by Gasteiger charge is 2.15. The maximum absolute atomic E-state index is 13.1. The second-order valence-electron chi connectivity index (χ2n) is 4.33. The van der Waals surface area contributed by atoms with Crippen LogP contribution < -0.4 is 5.32 Å². The van der Waals surface area contributed by atoms with Gasteiger partial charge >= 0.3 is 0 Å². The van der Waals surface area contributed by atoms with E-state index in [1.165, 1.54) is 17.0 Å². The van der Waals surface area contributed by atoms with E-state index in [1.807, 2.05) is 13.1 Å². The Kier molecular flexibility index (Phi) is 4.91. The summed E-state index contributed by atoms with van der Waals surface area (Å²) in [6.45, 7) is 4.91. The zero-order valence-corrected chi connectivity index (χ0v) is 12.5. The number of likely N-dealkylation sites (N-methyl/N-ethyl adjacent to an activating group) is 1. The summed E-state index contributed by atoms with van der Waals surface area (Å²) < 4.78 is 13.1. The lowest BCUT2D eigenvalue weighted by atomic mass is 10.0. The minimum absolute atomic E-state index is 0.166. The fourth-order valence-electron chi connectivity index (χ4n) is 1.97. The van der Waals surface area contributed by atoms with Crippen molar-refractivity contribution in [3.8, 4) is 0 Å². The van der Waals surface area contributed by atoms with Crippen LogP contribution in [0.4, 0.5) is 4.39 Å². The van der Waals surface area contributed by atoms with Crippen molar-refractivity contribution in [3.05, 3.63) is 50.7 Å². The van der Waals surface area contributed by atoms with E-state index in [9.17, 15) is 4.39 Å². The number of halogens is 2. The number of aryl methyl sites for hydroxylation is 1. The Labute approximate surface area is 121 Å². The van der Waals surface area contributed by atoms with E-state index in [4.69, 9.17) is 11.6 Å². The lowest BCUT2D eigenvalue weighted by Crippen LogP contribution is -2.22. The molecule has 1 N–H and O–H groups in total. The van der Waals surface area contributed by atoms with Gasteiger partial charge < -0.3 is 5.32 Å². The predicted octanol–water partition coefficient (Wildman–Crippen LogP) is 4.14. The summed E-state index contributed by atoms with van der Waals surface area (Å²) in [6, 6.07) is 4.72. The molecule has 0 saturated carbocycles. The van der Waals surface area contributed by atoms with Gasteiger partial charge in [-0.1, -0.05) is 24.6 Å². The zero-order chi connectivity index (χ0) is 13.8. The van der Waals surface area contributed by atoms with Crippen LogP contribution in [0.2, 0.25) is 5.02 Å². The van der Waals surface area contributed by atoms with Gasteiger partial charge in [-0.3, -0.25) is 0 Å². The number of rotatable bonds is 5. The van der Waals surface area contributed by atoms with Crippen LogP contribution in [-0.4, -0.2) is 11.5 Å². The van der Waals surface area contributed by atoms with E-state index in [-0.39, 0.29) is 11.9 Å². The smallest absolute Gasteiger partial charge is 0.124 e. The molecule has 0 fully saturated rings. The molecule has 2 aromatic rings. The molecule has 2 rings (SSSR count). The van der Waals surface area contributed by atoms with E-state index >= 15 is 0 Å². The molecule has 0 aliphatic rings. The second kappa shape index (κ2) is 6.46. The van der Waals surface area contributed by atoms with Gasteiger partial charge in [-0.05, 0) is 37.6 Å². The summed E-state index contributed by atoms with van der Waals surface area (Å²) in [4.78, 5) is 5.46. The molecule has 1 unspecified atom stereocenters. The largest absolute Gasteiger partial charge is 0.309 e. The summed E-state index contributed by atoms with van der Waals surface area (Å²) in [5, 5.41) is 4.94. The molecule has 1 aromatic heterocycles. The Morgan fingerprint density at radius 2 is 2.26 bits per heavy atom. The molecular weight excluding hydrogens is 283 g/mol. The van der Waals surface area contributed by atoms with Crippen LogP contribution in [0.5, 0.6) is 0 Å². The number of nitrogens with zero attached hydrogens (tertiary/aromatic N) is 1. The molecular formula is C14H16ClFN2S. The third-order valence-electron chi connectivity index (χ3n) is 2.87. The Balaban J connectivity index is 2.21. The molecule has 5 heteroatoms. The summed E-state index contributed by atoms with van der Waals surface area (Å²) in [5.74, 6) is -0.303. The highest BCUT2D eigenvalue weighted by Crippen LogP contribution is 2.27. The Morgan fingerprint density at radius 1 is 1.47 bits per heavy atom. The molecule has 1 heterocycles. The van der Waals surface area contributed by atoms with Gasteiger partial charge in [0.15, 0.2) is 0 Å². The van der Waals surface area contributed by atoms with Gasteiger partial charge in [0.05, 0.1) is 5.01 Å². The maximum atomic E-state index is 13.1. The first kappa shape index (κ1) is 14.4. The fraction of sp³-hybridized carbons (Fsp3) is 0.357. The Morgan fingerprint density at radius 3 is 2.84 bits per heavy atom.